The average Bonchev–Trinajstić information content (AvgIpc) is 3.68. The summed E-state index contributed by atoms with van der Waals surface area (Å²) in [7, 11) is 0. The van der Waals surface area contributed by atoms with Crippen molar-refractivity contribution in [3.8, 4) is 0 Å². The van der Waals surface area contributed by atoms with Crippen LogP contribution >= 0.6 is 0 Å². The zero-order chi connectivity index (χ0) is 32.1. The van der Waals surface area contributed by atoms with Gasteiger partial charge in [-0.1, -0.05) is 71.1 Å². The maximum atomic E-state index is 13.0. The molecule has 0 unspecified atom stereocenters. The Bertz CT molecular complexity index is 1520. The van der Waals surface area contributed by atoms with Gasteiger partial charge in [-0.3, -0.25) is 14.2 Å². The van der Waals surface area contributed by atoms with Crippen molar-refractivity contribution in [2.45, 2.75) is 84.4 Å². The molecule has 0 spiro atoms. The van der Waals surface area contributed by atoms with Crippen LogP contribution in [0.25, 0.3) is 0 Å². The van der Waals surface area contributed by atoms with E-state index in [2.05, 4.69) is 25.9 Å². The minimum atomic E-state index is -1.15. The van der Waals surface area contributed by atoms with Crippen LogP contribution in [-0.4, -0.2) is 59.7 Å². The predicted molar refractivity (Wildman–Crippen MR) is 162 cm³/mol. The number of rotatable bonds is 15. The second-order valence-electron chi connectivity index (χ2n) is 11.4. The molecule has 0 fully saturated rings. The first-order valence-electron chi connectivity index (χ1n) is 14.8. The van der Waals surface area contributed by atoms with Crippen molar-refractivity contribution in [2.75, 3.05) is 0 Å². The van der Waals surface area contributed by atoms with Gasteiger partial charge in [0, 0.05) is 19.5 Å². The Morgan fingerprint density at radius 1 is 0.778 bits per heavy atom. The summed E-state index contributed by atoms with van der Waals surface area (Å²) in [5.41, 5.74) is 2.51. The quantitative estimate of drug-likeness (QED) is 0.154. The van der Waals surface area contributed by atoms with Crippen molar-refractivity contribution >= 4 is 18.0 Å². The Morgan fingerprint density at radius 3 is 1.80 bits per heavy atom. The van der Waals surface area contributed by atoms with Gasteiger partial charge < -0.3 is 19.5 Å². The first-order valence-corrected chi connectivity index (χ1v) is 14.8. The summed E-state index contributed by atoms with van der Waals surface area (Å²) in [5, 5.41) is 18.8. The van der Waals surface area contributed by atoms with E-state index >= 15 is 0 Å². The zero-order valence-corrected chi connectivity index (χ0v) is 25.8. The molecule has 1 atom stereocenters. The van der Waals surface area contributed by atoms with Crippen molar-refractivity contribution in [3.05, 3.63) is 95.6 Å². The van der Waals surface area contributed by atoms with E-state index in [0.717, 1.165) is 12.8 Å². The van der Waals surface area contributed by atoms with Gasteiger partial charge in [0.1, 0.15) is 36.2 Å². The number of carbonyl (C=O) groups excluding carboxylic acids is 3. The molecule has 0 radical (unpaired) electrons. The number of esters is 2. The van der Waals surface area contributed by atoms with E-state index in [1.165, 1.54) is 11.1 Å². The number of alkyl carbamates (subject to hydrolysis) is 1. The monoisotopic (exact) mass is 617 g/mol. The minimum Gasteiger partial charge on any atom is -0.459 e. The van der Waals surface area contributed by atoms with Crippen LogP contribution in [0.1, 0.15) is 56.1 Å². The Balaban J connectivity index is 1.24. The Morgan fingerprint density at radius 2 is 1.29 bits per heavy atom. The number of amides is 1. The molecule has 13 nitrogen and oxygen atoms in total. The summed E-state index contributed by atoms with van der Waals surface area (Å²) in [6.07, 6.45) is 3.95. The van der Waals surface area contributed by atoms with Crippen LogP contribution in [0.3, 0.4) is 0 Å². The smallest absolute Gasteiger partial charge is 0.408 e. The number of aryl methyl sites for hydroxylation is 4. The van der Waals surface area contributed by atoms with E-state index in [0.29, 0.717) is 24.5 Å². The molecule has 45 heavy (non-hydrogen) atoms. The van der Waals surface area contributed by atoms with Gasteiger partial charge in [0.15, 0.2) is 0 Å². The molecule has 0 saturated heterocycles. The number of carbonyl (C=O) groups is 3. The lowest BCUT2D eigenvalue weighted by Crippen LogP contribution is -2.44. The van der Waals surface area contributed by atoms with Crippen LogP contribution < -0.4 is 5.32 Å². The Hall–Kier alpha value is -5.07. The SMILES string of the molecule is CC(C)(C)OC(=O)N[C@@H](CCC(=O)OCc1cn(CCc2ccccc2)nn1)C(=O)OCc1cn(CCc2ccccc2)nn1. The van der Waals surface area contributed by atoms with Gasteiger partial charge in [-0.2, -0.15) is 0 Å². The summed E-state index contributed by atoms with van der Waals surface area (Å²) in [4.78, 5) is 37.9. The van der Waals surface area contributed by atoms with Gasteiger partial charge >= 0.3 is 18.0 Å². The van der Waals surface area contributed by atoms with E-state index < -0.39 is 29.7 Å². The van der Waals surface area contributed by atoms with Crippen LogP contribution in [0, 0.1) is 0 Å². The number of hydrogen-bond acceptors (Lipinski definition) is 10. The summed E-state index contributed by atoms with van der Waals surface area (Å²) in [5.74, 6) is -1.31. The van der Waals surface area contributed by atoms with E-state index in [1.54, 1.807) is 42.5 Å². The first-order chi connectivity index (χ1) is 21.6. The van der Waals surface area contributed by atoms with E-state index in [4.69, 9.17) is 14.2 Å². The topological polar surface area (TPSA) is 152 Å². The molecule has 238 valence electrons. The molecule has 1 N–H and O–H groups in total. The second kappa shape index (κ2) is 16.1. The van der Waals surface area contributed by atoms with Crippen LogP contribution in [0.4, 0.5) is 4.79 Å². The average molecular weight is 618 g/mol. The van der Waals surface area contributed by atoms with E-state index in [-0.39, 0.29) is 26.1 Å². The van der Waals surface area contributed by atoms with Crippen LogP contribution in [-0.2, 0) is 62.9 Å². The summed E-state index contributed by atoms with van der Waals surface area (Å²) >= 11 is 0. The Labute approximate surface area is 261 Å². The van der Waals surface area contributed by atoms with Crippen molar-refractivity contribution in [1.29, 1.82) is 0 Å². The molecule has 2 heterocycles. The molecule has 13 heteroatoms. The van der Waals surface area contributed by atoms with Gasteiger partial charge in [-0.15, -0.1) is 10.2 Å². The third-order valence-electron chi connectivity index (χ3n) is 6.47. The zero-order valence-electron chi connectivity index (χ0n) is 25.8. The van der Waals surface area contributed by atoms with Gasteiger partial charge in [-0.25, -0.2) is 9.59 Å². The third-order valence-corrected chi connectivity index (χ3v) is 6.47. The fourth-order valence-electron chi connectivity index (χ4n) is 4.24. The first kappa shape index (κ1) is 32.8. The van der Waals surface area contributed by atoms with Crippen LogP contribution in [0.2, 0.25) is 0 Å². The highest BCUT2D eigenvalue weighted by Crippen LogP contribution is 2.11. The largest absolute Gasteiger partial charge is 0.459 e. The molecule has 4 rings (SSSR count). The highest BCUT2D eigenvalue weighted by atomic mass is 16.6. The van der Waals surface area contributed by atoms with Crippen molar-refractivity contribution in [2.24, 2.45) is 0 Å². The predicted octanol–water partition coefficient (Wildman–Crippen LogP) is 3.82. The van der Waals surface area contributed by atoms with Gasteiger partial charge in [-0.05, 0) is 51.2 Å². The second-order valence-corrected chi connectivity index (χ2v) is 11.4. The molecule has 0 aliphatic rings. The molecule has 0 aliphatic heterocycles. The normalized spacial score (nSPS) is 11.9. The molecule has 0 saturated carbocycles. The summed E-state index contributed by atoms with van der Waals surface area (Å²) in [6.45, 7) is 6.14. The molecule has 0 bridgehead atoms. The molecule has 1 amide bonds. The maximum Gasteiger partial charge on any atom is 0.408 e. The van der Waals surface area contributed by atoms with Crippen molar-refractivity contribution < 1.29 is 28.6 Å². The van der Waals surface area contributed by atoms with Crippen molar-refractivity contribution in [3.63, 3.8) is 0 Å². The van der Waals surface area contributed by atoms with Gasteiger partial charge in [0.25, 0.3) is 0 Å². The lowest BCUT2D eigenvalue weighted by atomic mass is 10.1. The van der Waals surface area contributed by atoms with E-state index in [1.807, 2.05) is 60.7 Å². The summed E-state index contributed by atoms with van der Waals surface area (Å²) in [6, 6.07) is 18.8. The molecule has 4 aromatic rings. The molecule has 2 aromatic heterocycles. The van der Waals surface area contributed by atoms with E-state index in [9.17, 15) is 14.4 Å². The summed E-state index contributed by atoms with van der Waals surface area (Å²) < 4.78 is 19.4. The van der Waals surface area contributed by atoms with Crippen molar-refractivity contribution in [1.82, 2.24) is 35.3 Å². The number of nitrogens with zero attached hydrogens (tertiary/aromatic N) is 6. The van der Waals surface area contributed by atoms with Gasteiger partial charge in [0.2, 0.25) is 0 Å². The lowest BCUT2D eigenvalue weighted by molar-refractivity contribution is -0.149. The fraction of sp³-hybridized carbons (Fsp3) is 0.406. The van der Waals surface area contributed by atoms with Crippen LogP contribution in [0.5, 0.6) is 0 Å². The fourth-order valence-corrected chi connectivity index (χ4v) is 4.24. The number of benzene rings is 2. The number of hydrogen-bond donors (Lipinski definition) is 1. The molecular formula is C32H39N7O6. The standard InChI is InChI=1S/C32H39N7O6/c1-32(2,3)45-31(42)33-28(30(41)44-23-27-21-39(37-35-27)19-17-25-12-8-5-9-13-25)14-15-29(40)43-22-26-20-38(36-34-26)18-16-24-10-6-4-7-11-24/h4-13,20-21,28H,14-19,22-23H2,1-3H3,(H,33,42)/t28-/m0/s1. The van der Waals surface area contributed by atoms with Gasteiger partial charge in [0.05, 0.1) is 12.4 Å². The maximum absolute atomic E-state index is 13.0. The number of ether oxygens (including phenoxy) is 3. The highest BCUT2D eigenvalue weighted by Gasteiger charge is 2.27. The minimum absolute atomic E-state index is 0.0650. The third kappa shape index (κ3) is 11.9. The Kier molecular flexibility index (Phi) is 11.8. The molecule has 0 aliphatic carbocycles. The van der Waals surface area contributed by atoms with Crippen LogP contribution in [0.15, 0.2) is 73.1 Å². The lowest BCUT2D eigenvalue weighted by Gasteiger charge is -2.22. The number of aromatic nitrogens is 6. The highest BCUT2D eigenvalue weighted by molar-refractivity contribution is 5.82. The number of nitrogens with one attached hydrogen (secondary N) is 1. The molecule has 2 aromatic carbocycles. The molecular weight excluding hydrogens is 578 g/mol.